The van der Waals surface area contributed by atoms with Gasteiger partial charge in [-0.25, -0.2) is 4.98 Å². The monoisotopic (exact) mass is 344 g/mol. The third kappa shape index (κ3) is 3.06. The quantitative estimate of drug-likeness (QED) is 0.928. The first kappa shape index (κ1) is 16.6. The number of aliphatic carboxylic acids is 1. The number of hydrogen-bond acceptors (Lipinski definition) is 4. The summed E-state index contributed by atoms with van der Waals surface area (Å²) in [4.78, 5) is 30.3. The van der Waals surface area contributed by atoms with Crippen LogP contribution in [0.4, 0.5) is 5.69 Å². The number of carbonyl (C=O) groups excluding carboxylic acids is 1. The van der Waals surface area contributed by atoms with Crippen LogP contribution in [0.5, 0.6) is 0 Å². The van der Waals surface area contributed by atoms with Gasteiger partial charge in [0.2, 0.25) is 5.91 Å². The molecule has 126 valence electrons. The minimum atomic E-state index is -0.901. The summed E-state index contributed by atoms with van der Waals surface area (Å²) < 4.78 is 0. The first-order valence-electron chi connectivity index (χ1n) is 7.84. The predicted octanol–water partition coefficient (Wildman–Crippen LogP) is 3.20. The molecule has 0 fully saturated rings. The second-order valence-corrected chi connectivity index (χ2v) is 7.88. The third-order valence-electron chi connectivity index (χ3n) is 4.09. The summed E-state index contributed by atoms with van der Waals surface area (Å²) in [7, 11) is 0. The lowest BCUT2D eigenvalue weighted by Crippen LogP contribution is -2.32. The van der Waals surface area contributed by atoms with Crippen LogP contribution in [0.25, 0.3) is 0 Å². The first-order valence-corrected chi connectivity index (χ1v) is 8.72. The molecule has 1 N–H and O–H groups in total. The van der Waals surface area contributed by atoms with E-state index >= 15 is 0 Å². The fourth-order valence-corrected chi connectivity index (χ4v) is 3.74. The Balaban J connectivity index is 1.81. The Morgan fingerprint density at radius 3 is 2.67 bits per heavy atom. The first-order chi connectivity index (χ1) is 11.3. The van der Waals surface area contributed by atoms with Crippen LogP contribution >= 0.6 is 11.3 Å². The second-order valence-electron chi connectivity index (χ2n) is 7.02. The number of fused-ring (bicyclic) bond motifs is 1. The van der Waals surface area contributed by atoms with Gasteiger partial charge in [-0.15, -0.1) is 11.3 Å². The highest BCUT2D eigenvalue weighted by Crippen LogP contribution is 2.36. The van der Waals surface area contributed by atoms with Crippen LogP contribution in [-0.4, -0.2) is 28.5 Å². The molecule has 0 saturated carbocycles. The van der Waals surface area contributed by atoms with E-state index in [1.165, 1.54) is 0 Å². The summed E-state index contributed by atoms with van der Waals surface area (Å²) in [5.41, 5.74) is 2.10. The van der Waals surface area contributed by atoms with Crippen LogP contribution in [0.1, 0.15) is 43.0 Å². The van der Waals surface area contributed by atoms with Crippen molar-refractivity contribution in [2.75, 3.05) is 11.4 Å². The second kappa shape index (κ2) is 6.02. The lowest BCUT2D eigenvalue weighted by atomic mass is 9.98. The summed E-state index contributed by atoms with van der Waals surface area (Å²) in [5, 5.41) is 12.3. The van der Waals surface area contributed by atoms with Gasteiger partial charge in [0.05, 0.1) is 17.1 Å². The van der Waals surface area contributed by atoms with E-state index < -0.39 is 11.9 Å². The number of aromatic nitrogens is 1. The molecule has 0 radical (unpaired) electrons. The Labute approximate surface area is 145 Å². The van der Waals surface area contributed by atoms with Crippen molar-refractivity contribution >= 4 is 28.9 Å². The van der Waals surface area contributed by atoms with E-state index in [2.05, 4.69) is 25.8 Å². The predicted molar refractivity (Wildman–Crippen MR) is 93.7 cm³/mol. The molecule has 1 aromatic heterocycles. The topological polar surface area (TPSA) is 70.5 Å². The van der Waals surface area contributed by atoms with Gasteiger partial charge < -0.3 is 10.0 Å². The van der Waals surface area contributed by atoms with Gasteiger partial charge in [-0.1, -0.05) is 39.0 Å². The van der Waals surface area contributed by atoms with E-state index in [0.29, 0.717) is 11.3 Å². The zero-order valence-electron chi connectivity index (χ0n) is 13.9. The summed E-state index contributed by atoms with van der Waals surface area (Å²) in [6.07, 6.45) is 0.188. The highest BCUT2D eigenvalue weighted by Gasteiger charge is 2.36. The van der Waals surface area contributed by atoms with Gasteiger partial charge in [0, 0.05) is 23.0 Å². The number of anilines is 1. The van der Waals surface area contributed by atoms with Crippen molar-refractivity contribution in [3.63, 3.8) is 0 Å². The highest BCUT2D eigenvalue weighted by atomic mass is 32.1. The van der Waals surface area contributed by atoms with Crippen LogP contribution in [-0.2, 0) is 21.4 Å². The van der Waals surface area contributed by atoms with Gasteiger partial charge in [-0.2, -0.15) is 0 Å². The molecule has 24 heavy (non-hydrogen) atoms. The van der Waals surface area contributed by atoms with E-state index in [1.54, 1.807) is 34.4 Å². The molecule has 0 aliphatic carbocycles. The molecule has 1 unspecified atom stereocenters. The van der Waals surface area contributed by atoms with Gasteiger partial charge >= 0.3 is 5.97 Å². The highest BCUT2D eigenvalue weighted by molar-refractivity contribution is 7.09. The molecule has 1 aliphatic rings. The standard InChI is InChI=1S/C18H20N2O3S/c1-18(2,3)17-19-11(10-24-17)8-15(21)20-9-13(16(22)23)12-6-4-5-7-14(12)20/h4-7,10,13H,8-9H2,1-3H3,(H,22,23). The van der Waals surface area contributed by atoms with Gasteiger partial charge in [-0.05, 0) is 11.6 Å². The van der Waals surface area contributed by atoms with Crippen molar-refractivity contribution in [3.05, 3.63) is 45.9 Å². The molecule has 5 nitrogen and oxygen atoms in total. The van der Waals surface area contributed by atoms with Crippen molar-refractivity contribution in [3.8, 4) is 0 Å². The zero-order chi connectivity index (χ0) is 17.5. The Bertz CT molecular complexity index is 792. The fourth-order valence-electron chi connectivity index (χ4n) is 2.84. The number of amides is 1. The summed E-state index contributed by atoms with van der Waals surface area (Å²) in [6, 6.07) is 7.21. The molecule has 2 heterocycles. The molecule has 6 heteroatoms. The van der Waals surface area contributed by atoms with E-state index in [0.717, 1.165) is 10.7 Å². The van der Waals surface area contributed by atoms with Gasteiger partial charge in [0.25, 0.3) is 0 Å². The molecular weight excluding hydrogens is 324 g/mol. The van der Waals surface area contributed by atoms with Crippen LogP contribution < -0.4 is 4.90 Å². The molecule has 0 saturated heterocycles. The lowest BCUT2D eigenvalue weighted by molar-refractivity contribution is -0.138. The lowest BCUT2D eigenvalue weighted by Gasteiger charge is -2.17. The van der Waals surface area contributed by atoms with Crippen molar-refractivity contribution < 1.29 is 14.7 Å². The van der Waals surface area contributed by atoms with E-state index in [-0.39, 0.29) is 24.3 Å². The smallest absolute Gasteiger partial charge is 0.312 e. The largest absolute Gasteiger partial charge is 0.481 e. The number of nitrogens with zero attached hydrogens (tertiary/aromatic N) is 2. The molecule has 2 aromatic rings. The normalized spacial score (nSPS) is 17.0. The van der Waals surface area contributed by atoms with E-state index in [9.17, 15) is 14.7 Å². The van der Waals surface area contributed by atoms with Gasteiger partial charge in [0.15, 0.2) is 0 Å². The maximum atomic E-state index is 12.7. The molecule has 0 spiro atoms. The van der Waals surface area contributed by atoms with E-state index in [4.69, 9.17) is 0 Å². The Hall–Kier alpha value is -2.21. The summed E-state index contributed by atoms with van der Waals surface area (Å²) in [5.74, 6) is -1.68. The minimum absolute atomic E-state index is 0.0411. The van der Waals surface area contributed by atoms with Crippen molar-refractivity contribution in [1.29, 1.82) is 0 Å². The van der Waals surface area contributed by atoms with Crippen LogP contribution in [0, 0.1) is 0 Å². The van der Waals surface area contributed by atoms with Crippen molar-refractivity contribution in [2.24, 2.45) is 0 Å². The minimum Gasteiger partial charge on any atom is -0.481 e. The molecular formula is C18H20N2O3S. The number of benzene rings is 1. The van der Waals surface area contributed by atoms with Crippen molar-refractivity contribution in [2.45, 2.75) is 38.5 Å². The SMILES string of the molecule is CC(C)(C)c1nc(CC(=O)N2CC(C(=O)O)c3ccccc32)cs1. The molecule has 1 atom stereocenters. The number of para-hydroxylation sites is 1. The Morgan fingerprint density at radius 1 is 1.33 bits per heavy atom. The fraction of sp³-hybridized carbons (Fsp3) is 0.389. The average Bonchev–Trinajstić information content (AvgIpc) is 3.11. The Morgan fingerprint density at radius 2 is 2.04 bits per heavy atom. The number of carboxylic acid groups (broad SMARTS) is 1. The molecule has 1 amide bonds. The zero-order valence-corrected chi connectivity index (χ0v) is 14.8. The number of carboxylic acids is 1. The van der Waals surface area contributed by atoms with Crippen molar-refractivity contribution in [1.82, 2.24) is 4.98 Å². The van der Waals surface area contributed by atoms with Crippen LogP contribution in [0.2, 0.25) is 0 Å². The molecule has 1 aromatic carbocycles. The molecule has 3 rings (SSSR count). The third-order valence-corrected chi connectivity index (χ3v) is 5.41. The van der Waals surface area contributed by atoms with Crippen LogP contribution in [0.15, 0.2) is 29.6 Å². The number of thiazole rings is 1. The number of rotatable bonds is 3. The van der Waals surface area contributed by atoms with Crippen LogP contribution in [0.3, 0.4) is 0 Å². The summed E-state index contributed by atoms with van der Waals surface area (Å²) in [6.45, 7) is 6.45. The average molecular weight is 344 g/mol. The molecule has 1 aliphatic heterocycles. The van der Waals surface area contributed by atoms with Gasteiger partial charge in [-0.3, -0.25) is 9.59 Å². The molecule has 0 bridgehead atoms. The summed E-state index contributed by atoms with van der Waals surface area (Å²) >= 11 is 1.56. The Kier molecular flexibility index (Phi) is 4.17. The number of hydrogen-bond donors (Lipinski definition) is 1. The number of carbonyl (C=O) groups is 2. The van der Waals surface area contributed by atoms with E-state index in [1.807, 2.05) is 11.4 Å². The van der Waals surface area contributed by atoms with Gasteiger partial charge in [0.1, 0.15) is 5.92 Å². The maximum Gasteiger partial charge on any atom is 0.312 e. The maximum absolute atomic E-state index is 12.7.